The molecule has 0 bridgehead atoms. The smallest absolute Gasteiger partial charge is 0.317 e. The van der Waals surface area contributed by atoms with Gasteiger partial charge >= 0.3 is 6.03 Å². The molecule has 0 aromatic heterocycles. The van der Waals surface area contributed by atoms with Crippen molar-refractivity contribution in [2.75, 3.05) is 33.8 Å². The number of rotatable bonds is 4. The van der Waals surface area contributed by atoms with Crippen molar-refractivity contribution >= 4 is 11.9 Å². The molecule has 0 saturated carbocycles. The largest absolute Gasteiger partial charge is 0.493 e. The highest BCUT2D eigenvalue weighted by Gasteiger charge is 2.35. The first kappa shape index (κ1) is 16.4. The van der Waals surface area contributed by atoms with Gasteiger partial charge in [0.2, 0.25) is 5.91 Å². The molecule has 1 unspecified atom stereocenters. The van der Waals surface area contributed by atoms with Crippen molar-refractivity contribution < 1.29 is 19.1 Å². The molecule has 1 N–H and O–H groups in total. The molecule has 1 atom stereocenters. The number of hydrogen-bond donors (Lipinski definition) is 1. The SMILES string of the molecule is COc1ccccc1OC1CCN(C(=O)C2CN(C)C(=O)N2)CC1. The number of likely N-dealkylation sites (tertiary alicyclic amines) is 1. The summed E-state index contributed by atoms with van der Waals surface area (Å²) in [6.07, 6.45) is 1.59. The van der Waals surface area contributed by atoms with E-state index in [1.807, 2.05) is 29.2 Å². The summed E-state index contributed by atoms with van der Waals surface area (Å²) in [6, 6.07) is 6.94. The van der Waals surface area contributed by atoms with Crippen LogP contribution >= 0.6 is 0 Å². The summed E-state index contributed by atoms with van der Waals surface area (Å²) in [5.41, 5.74) is 0. The molecule has 7 heteroatoms. The summed E-state index contributed by atoms with van der Waals surface area (Å²) in [5.74, 6) is 1.44. The van der Waals surface area contributed by atoms with Crippen LogP contribution in [0.3, 0.4) is 0 Å². The van der Waals surface area contributed by atoms with Gasteiger partial charge in [0.1, 0.15) is 12.1 Å². The van der Waals surface area contributed by atoms with Gasteiger partial charge in [-0.3, -0.25) is 4.79 Å². The van der Waals surface area contributed by atoms with E-state index in [-0.39, 0.29) is 18.0 Å². The second kappa shape index (κ2) is 6.98. The number of likely N-dealkylation sites (N-methyl/N-ethyl adjacent to an activating group) is 1. The van der Waals surface area contributed by atoms with Gasteiger partial charge in [-0.2, -0.15) is 0 Å². The van der Waals surface area contributed by atoms with Crippen LogP contribution < -0.4 is 14.8 Å². The minimum atomic E-state index is -0.436. The molecule has 3 rings (SSSR count). The van der Waals surface area contributed by atoms with Gasteiger partial charge in [-0.25, -0.2) is 4.79 Å². The van der Waals surface area contributed by atoms with E-state index in [1.54, 1.807) is 14.2 Å². The lowest BCUT2D eigenvalue weighted by atomic mass is 10.1. The number of methoxy groups -OCH3 is 1. The maximum absolute atomic E-state index is 12.5. The van der Waals surface area contributed by atoms with E-state index in [2.05, 4.69) is 5.32 Å². The average molecular weight is 333 g/mol. The molecular weight excluding hydrogens is 310 g/mol. The maximum atomic E-state index is 12.5. The van der Waals surface area contributed by atoms with Gasteiger partial charge in [-0.15, -0.1) is 0 Å². The summed E-state index contributed by atoms with van der Waals surface area (Å²) in [6.45, 7) is 1.69. The molecule has 0 aliphatic carbocycles. The molecule has 7 nitrogen and oxygen atoms in total. The zero-order valence-electron chi connectivity index (χ0n) is 14.0. The molecular formula is C17H23N3O4. The second-order valence-electron chi connectivity index (χ2n) is 6.18. The lowest BCUT2D eigenvalue weighted by molar-refractivity contribution is -0.134. The number of piperidine rings is 1. The number of urea groups is 1. The van der Waals surface area contributed by atoms with Gasteiger partial charge in [0.15, 0.2) is 11.5 Å². The minimum Gasteiger partial charge on any atom is -0.493 e. The maximum Gasteiger partial charge on any atom is 0.317 e. The van der Waals surface area contributed by atoms with Gasteiger partial charge in [-0.1, -0.05) is 12.1 Å². The predicted molar refractivity (Wildman–Crippen MR) is 88.2 cm³/mol. The first-order valence-electron chi connectivity index (χ1n) is 8.18. The Kier molecular flexibility index (Phi) is 4.78. The molecule has 0 radical (unpaired) electrons. The predicted octanol–water partition coefficient (Wildman–Crippen LogP) is 1.09. The van der Waals surface area contributed by atoms with Gasteiger partial charge < -0.3 is 24.6 Å². The fraction of sp³-hybridized carbons (Fsp3) is 0.529. The van der Waals surface area contributed by atoms with E-state index < -0.39 is 6.04 Å². The normalized spacial score (nSPS) is 21.6. The number of amides is 3. The van der Waals surface area contributed by atoms with E-state index in [4.69, 9.17) is 9.47 Å². The number of nitrogens with one attached hydrogen (secondary N) is 1. The average Bonchev–Trinajstić information content (AvgIpc) is 2.94. The molecule has 2 saturated heterocycles. The highest BCUT2D eigenvalue weighted by molar-refractivity contribution is 5.90. The van der Waals surface area contributed by atoms with Gasteiger partial charge in [0.25, 0.3) is 0 Å². The molecule has 130 valence electrons. The van der Waals surface area contributed by atoms with Crippen molar-refractivity contribution in [3.63, 3.8) is 0 Å². The van der Waals surface area contributed by atoms with Crippen molar-refractivity contribution in [3.8, 4) is 11.5 Å². The zero-order valence-corrected chi connectivity index (χ0v) is 14.0. The van der Waals surface area contributed by atoms with Crippen LogP contribution in [0.1, 0.15) is 12.8 Å². The molecule has 3 amide bonds. The number of hydrogen-bond acceptors (Lipinski definition) is 4. The Morgan fingerprint density at radius 1 is 1.21 bits per heavy atom. The third-order valence-electron chi connectivity index (χ3n) is 4.52. The number of carbonyl (C=O) groups is 2. The summed E-state index contributed by atoms with van der Waals surface area (Å²) in [4.78, 5) is 27.3. The third-order valence-corrected chi connectivity index (χ3v) is 4.52. The van der Waals surface area contributed by atoms with Crippen LogP contribution in [0.15, 0.2) is 24.3 Å². The van der Waals surface area contributed by atoms with Crippen molar-refractivity contribution in [3.05, 3.63) is 24.3 Å². The quantitative estimate of drug-likeness (QED) is 0.895. The fourth-order valence-corrected chi connectivity index (χ4v) is 3.11. The van der Waals surface area contributed by atoms with Crippen LogP contribution in [0.2, 0.25) is 0 Å². The van der Waals surface area contributed by atoms with Crippen LogP contribution in [0.25, 0.3) is 0 Å². The van der Waals surface area contributed by atoms with Crippen molar-refractivity contribution in [1.29, 1.82) is 0 Å². The number of nitrogens with zero attached hydrogens (tertiary/aromatic N) is 2. The first-order chi connectivity index (χ1) is 11.6. The van der Waals surface area contributed by atoms with Crippen molar-refractivity contribution in [1.82, 2.24) is 15.1 Å². The van der Waals surface area contributed by atoms with Crippen molar-refractivity contribution in [2.24, 2.45) is 0 Å². The highest BCUT2D eigenvalue weighted by atomic mass is 16.5. The fourth-order valence-electron chi connectivity index (χ4n) is 3.11. The van der Waals surface area contributed by atoms with Gasteiger partial charge in [-0.05, 0) is 12.1 Å². The zero-order chi connectivity index (χ0) is 17.1. The Morgan fingerprint density at radius 2 is 1.88 bits per heavy atom. The van der Waals surface area contributed by atoms with Crippen LogP contribution in [0.5, 0.6) is 11.5 Å². The first-order valence-corrected chi connectivity index (χ1v) is 8.18. The van der Waals surface area contributed by atoms with Crippen LogP contribution in [0.4, 0.5) is 4.79 Å². The van der Waals surface area contributed by atoms with Crippen LogP contribution in [0, 0.1) is 0 Å². The van der Waals surface area contributed by atoms with Crippen LogP contribution in [-0.4, -0.2) is 67.7 Å². The topological polar surface area (TPSA) is 71.1 Å². The van der Waals surface area contributed by atoms with E-state index >= 15 is 0 Å². The molecule has 2 heterocycles. The Morgan fingerprint density at radius 3 is 2.46 bits per heavy atom. The number of para-hydroxylation sites is 2. The van der Waals surface area contributed by atoms with Gasteiger partial charge in [0, 0.05) is 33.0 Å². The van der Waals surface area contributed by atoms with E-state index in [0.717, 1.165) is 18.6 Å². The lowest BCUT2D eigenvalue weighted by Crippen LogP contribution is -2.49. The highest BCUT2D eigenvalue weighted by Crippen LogP contribution is 2.29. The summed E-state index contributed by atoms with van der Waals surface area (Å²) < 4.78 is 11.3. The Hall–Kier alpha value is -2.44. The monoisotopic (exact) mass is 333 g/mol. The van der Waals surface area contributed by atoms with E-state index in [0.29, 0.717) is 25.4 Å². The van der Waals surface area contributed by atoms with E-state index in [1.165, 1.54) is 4.90 Å². The summed E-state index contributed by atoms with van der Waals surface area (Å²) >= 11 is 0. The Bertz CT molecular complexity index is 614. The number of ether oxygens (including phenoxy) is 2. The Balaban J connectivity index is 1.52. The molecule has 2 fully saturated rings. The molecule has 1 aromatic carbocycles. The molecule has 2 aliphatic heterocycles. The molecule has 1 aromatic rings. The molecule has 24 heavy (non-hydrogen) atoms. The third kappa shape index (κ3) is 3.39. The number of benzene rings is 1. The summed E-state index contributed by atoms with van der Waals surface area (Å²) in [7, 11) is 3.31. The summed E-state index contributed by atoms with van der Waals surface area (Å²) in [5, 5.41) is 2.71. The number of carbonyl (C=O) groups excluding carboxylic acids is 2. The second-order valence-corrected chi connectivity index (χ2v) is 6.18. The molecule has 0 spiro atoms. The standard InChI is InChI=1S/C17H23N3O4/c1-19-11-13(18-17(19)22)16(21)20-9-7-12(8-10-20)24-15-6-4-3-5-14(15)23-2/h3-6,12-13H,7-11H2,1-2H3,(H,18,22). The van der Waals surface area contributed by atoms with Crippen LogP contribution in [-0.2, 0) is 4.79 Å². The Labute approximate surface area is 141 Å². The van der Waals surface area contributed by atoms with Gasteiger partial charge in [0.05, 0.1) is 13.7 Å². The van der Waals surface area contributed by atoms with Crippen molar-refractivity contribution in [2.45, 2.75) is 25.0 Å². The minimum absolute atomic E-state index is 0.0107. The lowest BCUT2D eigenvalue weighted by Gasteiger charge is -2.33. The molecule has 2 aliphatic rings. The van der Waals surface area contributed by atoms with E-state index in [9.17, 15) is 9.59 Å².